The number of rotatable bonds is 6. The van der Waals surface area contributed by atoms with E-state index in [9.17, 15) is 9.59 Å². The van der Waals surface area contributed by atoms with Crippen LogP contribution < -0.4 is 4.90 Å². The molecule has 0 radical (unpaired) electrons. The Hall–Kier alpha value is -3.04. The van der Waals surface area contributed by atoms with Gasteiger partial charge in [0, 0.05) is 44.8 Å². The first-order chi connectivity index (χ1) is 16.1. The normalized spacial score (nSPS) is 19.4. The molecule has 1 unspecified atom stereocenters. The smallest absolute Gasteiger partial charge is 0.241 e. The quantitative estimate of drug-likeness (QED) is 0.557. The van der Waals surface area contributed by atoms with E-state index in [-0.39, 0.29) is 24.2 Å². The second kappa shape index (κ2) is 9.44. The lowest BCUT2D eigenvalue weighted by molar-refractivity contribution is -0.137. The van der Waals surface area contributed by atoms with E-state index in [1.54, 1.807) is 16.2 Å². The van der Waals surface area contributed by atoms with Crippen molar-refractivity contribution in [3.63, 3.8) is 0 Å². The molecule has 8 nitrogen and oxygen atoms in total. The maximum absolute atomic E-state index is 13.2. The summed E-state index contributed by atoms with van der Waals surface area (Å²) < 4.78 is 5.41. The fourth-order valence-electron chi connectivity index (χ4n) is 4.58. The van der Waals surface area contributed by atoms with Gasteiger partial charge in [-0.2, -0.15) is 4.98 Å². The highest BCUT2D eigenvalue weighted by molar-refractivity contribution is 7.13. The maximum Gasteiger partial charge on any atom is 0.241 e. The molecule has 2 fully saturated rings. The van der Waals surface area contributed by atoms with E-state index in [0.717, 1.165) is 35.6 Å². The summed E-state index contributed by atoms with van der Waals surface area (Å²) in [5, 5.41) is 6.06. The molecular weight excluding hydrogens is 438 g/mol. The van der Waals surface area contributed by atoms with Crippen molar-refractivity contribution in [2.75, 3.05) is 37.6 Å². The molecule has 2 amide bonds. The standard InChI is InChI=1S/C24H27N5O3S/c1-2-17-6-3-4-7-19(17)29-15-18(14-22(29)30)24(31)28-11-9-27(10-12-28)16-21-25-23(26-32-21)20-8-5-13-33-20/h3-8,13,18H,2,9-12,14-16H2,1H3. The van der Waals surface area contributed by atoms with E-state index < -0.39 is 0 Å². The van der Waals surface area contributed by atoms with Crippen LogP contribution in [0.2, 0.25) is 0 Å². The number of hydrogen-bond donors (Lipinski definition) is 0. The van der Waals surface area contributed by atoms with Crippen LogP contribution in [0.3, 0.4) is 0 Å². The number of para-hydroxylation sites is 1. The minimum atomic E-state index is -0.279. The number of anilines is 1. The molecular formula is C24H27N5O3S. The number of aryl methyl sites for hydroxylation is 1. The second-order valence-electron chi connectivity index (χ2n) is 8.48. The Morgan fingerprint density at radius 2 is 1.97 bits per heavy atom. The highest BCUT2D eigenvalue weighted by Crippen LogP contribution is 2.29. The Balaban J connectivity index is 1.15. The van der Waals surface area contributed by atoms with Gasteiger partial charge in [0.2, 0.25) is 23.5 Å². The highest BCUT2D eigenvalue weighted by Gasteiger charge is 2.38. The van der Waals surface area contributed by atoms with Gasteiger partial charge in [-0.3, -0.25) is 14.5 Å². The Morgan fingerprint density at radius 3 is 2.73 bits per heavy atom. The van der Waals surface area contributed by atoms with Crippen molar-refractivity contribution in [2.24, 2.45) is 5.92 Å². The summed E-state index contributed by atoms with van der Waals surface area (Å²) in [7, 11) is 0. The molecule has 172 valence electrons. The van der Waals surface area contributed by atoms with Gasteiger partial charge in [-0.15, -0.1) is 11.3 Å². The SMILES string of the molecule is CCc1ccccc1N1CC(C(=O)N2CCN(Cc3nc(-c4cccs4)no3)CC2)CC1=O. The van der Waals surface area contributed by atoms with Crippen LogP contribution in [0, 0.1) is 5.92 Å². The van der Waals surface area contributed by atoms with Gasteiger partial charge in [0.05, 0.1) is 17.3 Å². The summed E-state index contributed by atoms with van der Waals surface area (Å²) in [5.74, 6) is 1.04. The topological polar surface area (TPSA) is 82.8 Å². The Bertz CT molecular complexity index is 1120. The molecule has 1 aromatic carbocycles. The lowest BCUT2D eigenvalue weighted by atomic mass is 10.1. The average Bonchev–Trinajstić information content (AvgIpc) is 3.60. The highest BCUT2D eigenvalue weighted by atomic mass is 32.1. The molecule has 0 spiro atoms. The van der Waals surface area contributed by atoms with Crippen LogP contribution in [0.5, 0.6) is 0 Å². The molecule has 33 heavy (non-hydrogen) atoms. The van der Waals surface area contributed by atoms with E-state index in [2.05, 4.69) is 22.0 Å². The number of carbonyl (C=O) groups is 2. The Morgan fingerprint density at radius 1 is 1.15 bits per heavy atom. The van der Waals surface area contributed by atoms with Gasteiger partial charge >= 0.3 is 0 Å². The zero-order valence-electron chi connectivity index (χ0n) is 18.6. The fraction of sp³-hybridized carbons (Fsp3) is 0.417. The lowest BCUT2D eigenvalue weighted by Gasteiger charge is -2.35. The van der Waals surface area contributed by atoms with Crippen molar-refractivity contribution in [3.8, 4) is 10.7 Å². The second-order valence-corrected chi connectivity index (χ2v) is 9.43. The van der Waals surface area contributed by atoms with Crippen molar-refractivity contribution < 1.29 is 14.1 Å². The first-order valence-electron chi connectivity index (χ1n) is 11.4. The minimum absolute atomic E-state index is 0.0332. The first-order valence-corrected chi connectivity index (χ1v) is 12.3. The predicted molar refractivity (Wildman–Crippen MR) is 126 cm³/mol. The van der Waals surface area contributed by atoms with Crippen LogP contribution in [0.1, 0.15) is 24.8 Å². The number of nitrogens with zero attached hydrogens (tertiary/aromatic N) is 5. The Labute approximate surface area is 196 Å². The summed E-state index contributed by atoms with van der Waals surface area (Å²) in [6, 6.07) is 11.9. The minimum Gasteiger partial charge on any atom is -0.340 e. The molecule has 2 aliphatic rings. The van der Waals surface area contributed by atoms with Crippen LogP contribution in [0.4, 0.5) is 5.69 Å². The van der Waals surface area contributed by atoms with Gasteiger partial charge in [0.1, 0.15) is 0 Å². The van der Waals surface area contributed by atoms with Crippen molar-refractivity contribution in [3.05, 3.63) is 53.2 Å². The summed E-state index contributed by atoms with van der Waals surface area (Å²) >= 11 is 1.58. The monoisotopic (exact) mass is 465 g/mol. The number of hydrogen-bond acceptors (Lipinski definition) is 7. The molecule has 5 rings (SSSR count). The fourth-order valence-corrected chi connectivity index (χ4v) is 5.23. The van der Waals surface area contributed by atoms with Gasteiger partial charge in [-0.1, -0.05) is 36.3 Å². The van der Waals surface area contributed by atoms with Crippen LogP contribution in [0.25, 0.3) is 10.7 Å². The summed E-state index contributed by atoms with van der Waals surface area (Å²) in [5.41, 5.74) is 2.07. The number of piperazine rings is 1. The van der Waals surface area contributed by atoms with Crippen LogP contribution in [0.15, 0.2) is 46.3 Å². The third-order valence-corrected chi connectivity index (χ3v) is 7.26. The van der Waals surface area contributed by atoms with Crippen LogP contribution >= 0.6 is 11.3 Å². The molecule has 0 N–H and O–H groups in total. The number of aromatic nitrogens is 2. The van der Waals surface area contributed by atoms with E-state index in [1.807, 2.05) is 46.7 Å². The van der Waals surface area contributed by atoms with Crippen molar-refractivity contribution in [1.82, 2.24) is 19.9 Å². The lowest BCUT2D eigenvalue weighted by Crippen LogP contribution is -2.50. The predicted octanol–water partition coefficient (Wildman–Crippen LogP) is 3.06. The Kier molecular flexibility index (Phi) is 6.24. The molecule has 1 atom stereocenters. The van der Waals surface area contributed by atoms with E-state index >= 15 is 0 Å². The van der Waals surface area contributed by atoms with Crippen molar-refractivity contribution in [2.45, 2.75) is 26.3 Å². The molecule has 3 aromatic rings. The van der Waals surface area contributed by atoms with Crippen LogP contribution in [-0.4, -0.2) is 64.5 Å². The number of amides is 2. The summed E-state index contributed by atoms with van der Waals surface area (Å²) in [6.07, 6.45) is 1.14. The van der Waals surface area contributed by atoms with E-state index in [4.69, 9.17) is 4.52 Å². The van der Waals surface area contributed by atoms with Gasteiger partial charge in [-0.05, 0) is 29.5 Å². The van der Waals surface area contributed by atoms with Crippen molar-refractivity contribution in [1.29, 1.82) is 0 Å². The zero-order chi connectivity index (χ0) is 22.8. The third kappa shape index (κ3) is 4.56. The molecule has 0 bridgehead atoms. The van der Waals surface area contributed by atoms with Gasteiger partial charge in [-0.25, -0.2) is 0 Å². The van der Waals surface area contributed by atoms with Gasteiger partial charge in [0.15, 0.2) is 0 Å². The van der Waals surface area contributed by atoms with E-state index in [0.29, 0.717) is 37.9 Å². The molecule has 2 aliphatic heterocycles. The van der Waals surface area contributed by atoms with E-state index in [1.165, 1.54) is 0 Å². The average molecular weight is 466 g/mol. The molecule has 2 aromatic heterocycles. The third-order valence-electron chi connectivity index (χ3n) is 6.39. The van der Waals surface area contributed by atoms with Gasteiger partial charge < -0.3 is 14.3 Å². The molecule has 9 heteroatoms. The number of thiophene rings is 1. The number of benzene rings is 1. The molecule has 2 saturated heterocycles. The molecule has 0 aliphatic carbocycles. The molecule has 4 heterocycles. The van der Waals surface area contributed by atoms with Crippen molar-refractivity contribution >= 4 is 28.8 Å². The number of carbonyl (C=O) groups excluding carboxylic acids is 2. The largest absolute Gasteiger partial charge is 0.340 e. The summed E-state index contributed by atoms with van der Waals surface area (Å²) in [6.45, 7) is 5.88. The maximum atomic E-state index is 13.2. The van der Waals surface area contributed by atoms with Crippen LogP contribution in [-0.2, 0) is 22.6 Å². The molecule has 0 saturated carbocycles. The van der Waals surface area contributed by atoms with Gasteiger partial charge in [0.25, 0.3) is 0 Å². The zero-order valence-corrected chi connectivity index (χ0v) is 19.5. The summed E-state index contributed by atoms with van der Waals surface area (Å²) in [4.78, 5) is 37.3. The first kappa shape index (κ1) is 21.8.